The molecule has 2 aromatic carbocycles. The van der Waals surface area contributed by atoms with Crippen molar-refractivity contribution >= 4 is 52.4 Å². The van der Waals surface area contributed by atoms with Crippen LogP contribution >= 0.6 is 22.9 Å². The molecule has 2 heterocycles. The maximum atomic E-state index is 13.5. The van der Waals surface area contributed by atoms with Crippen LogP contribution in [0, 0.1) is 11.8 Å². The number of hydrazine groups is 1. The van der Waals surface area contributed by atoms with Crippen molar-refractivity contribution in [3.8, 4) is 5.75 Å². The molecular weight excluding hydrogens is 528 g/mol. The maximum Gasteiger partial charge on any atom is 0.353 e. The third-order valence-electron chi connectivity index (χ3n) is 6.45. The molecule has 3 amide bonds. The first kappa shape index (κ1) is 25.6. The quantitative estimate of drug-likeness (QED) is 0.138. The van der Waals surface area contributed by atoms with E-state index in [4.69, 9.17) is 16.3 Å². The van der Waals surface area contributed by atoms with Gasteiger partial charge in [-0.25, -0.2) is 9.80 Å². The zero-order valence-corrected chi connectivity index (χ0v) is 21.5. The van der Waals surface area contributed by atoms with Crippen molar-refractivity contribution in [3.05, 3.63) is 99.2 Å². The number of rotatable bonds is 7. The van der Waals surface area contributed by atoms with Gasteiger partial charge in [-0.3, -0.25) is 19.2 Å². The number of carbonyl (C=O) groups excluding carboxylic acids is 5. The summed E-state index contributed by atoms with van der Waals surface area (Å²) in [6.07, 6.45) is 4.49. The molecule has 3 aromatic rings. The molecule has 0 saturated carbocycles. The Bertz CT molecular complexity index is 1410. The van der Waals surface area contributed by atoms with Gasteiger partial charge in [0.2, 0.25) is 0 Å². The second-order valence-electron chi connectivity index (χ2n) is 8.83. The van der Waals surface area contributed by atoms with E-state index in [-0.39, 0.29) is 16.9 Å². The first-order valence-corrected chi connectivity index (χ1v) is 13.1. The standard InChI is InChI=1S/C28H21ClN2O6S/c29-19-11-7-18(8-12-19)25(33)30(31-26(34)21-4-1-2-5-22(21)27(31)35)16-23(32)17-9-13-20(14-10-17)37-28(36)24-6-3-15-38-24/h1-3,6-15,21-22H,4-5,16H2/t21-,22+. The Morgan fingerprint density at radius 2 is 1.50 bits per heavy atom. The van der Waals surface area contributed by atoms with Gasteiger partial charge in [-0.1, -0.05) is 29.8 Å². The minimum absolute atomic E-state index is 0.173. The fourth-order valence-electron chi connectivity index (χ4n) is 4.48. The van der Waals surface area contributed by atoms with Gasteiger partial charge in [0.25, 0.3) is 17.7 Å². The molecule has 0 N–H and O–H groups in total. The van der Waals surface area contributed by atoms with E-state index in [1.807, 2.05) is 12.2 Å². The number of hydrogen-bond donors (Lipinski definition) is 0. The van der Waals surface area contributed by atoms with Crippen molar-refractivity contribution in [2.45, 2.75) is 12.8 Å². The van der Waals surface area contributed by atoms with Crippen molar-refractivity contribution in [2.24, 2.45) is 11.8 Å². The Labute approximate surface area is 227 Å². The Balaban J connectivity index is 1.38. The van der Waals surface area contributed by atoms with E-state index in [0.717, 1.165) is 10.0 Å². The normalized spacial score (nSPS) is 18.3. The Morgan fingerprint density at radius 1 is 0.895 bits per heavy atom. The SMILES string of the molecule is O=C(CN(C(=O)c1ccc(Cl)cc1)N1C(=O)[C@H]2CC=CC[C@H]2C1=O)c1ccc(OC(=O)c2cccs2)cc1. The summed E-state index contributed by atoms with van der Waals surface area (Å²) in [7, 11) is 0. The molecule has 1 aliphatic heterocycles. The predicted octanol–water partition coefficient (Wildman–Crippen LogP) is 4.81. The first-order chi connectivity index (χ1) is 18.3. The number of Topliss-reactive ketones (excluding diaryl/α,β-unsaturated/α-hetero) is 1. The summed E-state index contributed by atoms with van der Waals surface area (Å²) in [4.78, 5) is 65.9. The van der Waals surface area contributed by atoms with Crippen LogP contribution in [0.1, 0.15) is 43.2 Å². The van der Waals surface area contributed by atoms with Crippen LogP contribution < -0.4 is 4.74 Å². The van der Waals surface area contributed by atoms with Gasteiger partial charge >= 0.3 is 5.97 Å². The molecule has 0 unspecified atom stereocenters. The molecule has 38 heavy (non-hydrogen) atoms. The highest BCUT2D eigenvalue weighted by Gasteiger charge is 2.51. The average Bonchev–Trinajstić information content (AvgIpc) is 3.56. The van der Waals surface area contributed by atoms with Crippen molar-refractivity contribution in [1.82, 2.24) is 10.0 Å². The molecule has 5 rings (SSSR count). The number of amides is 3. The number of benzene rings is 2. The number of esters is 1. The highest BCUT2D eigenvalue weighted by atomic mass is 35.5. The summed E-state index contributed by atoms with van der Waals surface area (Å²) < 4.78 is 5.33. The zero-order chi connectivity index (χ0) is 26.8. The molecule has 1 saturated heterocycles. The fourth-order valence-corrected chi connectivity index (χ4v) is 5.21. The van der Waals surface area contributed by atoms with E-state index in [1.165, 1.54) is 59.9 Å². The summed E-state index contributed by atoms with van der Waals surface area (Å²) in [5.41, 5.74) is 0.389. The van der Waals surface area contributed by atoms with Crippen LogP contribution in [0.4, 0.5) is 0 Å². The average molecular weight is 549 g/mol. The van der Waals surface area contributed by atoms with E-state index < -0.39 is 47.9 Å². The van der Waals surface area contributed by atoms with Crippen molar-refractivity contribution in [2.75, 3.05) is 6.54 Å². The number of ketones is 1. The van der Waals surface area contributed by atoms with Crippen LogP contribution in [0.5, 0.6) is 5.75 Å². The highest BCUT2D eigenvalue weighted by Crippen LogP contribution is 2.36. The number of imide groups is 1. The number of allylic oxidation sites excluding steroid dienone is 2. The fraction of sp³-hybridized carbons (Fsp3) is 0.179. The van der Waals surface area contributed by atoms with Gasteiger partial charge in [-0.15, -0.1) is 11.3 Å². The van der Waals surface area contributed by atoms with Crippen LogP contribution in [0.3, 0.4) is 0 Å². The summed E-state index contributed by atoms with van der Waals surface area (Å²) in [6, 6.07) is 15.2. The van der Waals surface area contributed by atoms with E-state index in [0.29, 0.717) is 22.7 Å². The predicted molar refractivity (Wildman–Crippen MR) is 140 cm³/mol. The molecule has 1 aliphatic carbocycles. The number of hydrogen-bond acceptors (Lipinski definition) is 7. The molecule has 0 spiro atoms. The number of ether oxygens (including phenoxy) is 1. The Hall–Kier alpha value is -4.08. The highest BCUT2D eigenvalue weighted by molar-refractivity contribution is 7.12. The summed E-state index contributed by atoms with van der Waals surface area (Å²) >= 11 is 7.20. The third-order valence-corrected chi connectivity index (χ3v) is 7.56. The monoisotopic (exact) mass is 548 g/mol. The minimum atomic E-state index is -0.676. The van der Waals surface area contributed by atoms with Crippen LogP contribution in [-0.4, -0.2) is 46.0 Å². The lowest BCUT2D eigenvalue weighted by Gasteiger charge is -2.30. The molecule has 1 fully saturated rings. The van der Waals surface area contributed by atoms with Gasteiger partial charge in [-0.2, -0.15) is 5.01 Å². The van der Waals surface area contributed by atoms with E-state index >= 15 is 0 Å². The molecule has 10 heteroatoms. The van der Waals surface area contributed by atoms with Crippen molar-refractivity contribution in [3.63, 3.8) is 0 Å². The second-order valence-corrected chi connectivity index (χ2v) is 10.2. The van der Waals surface area contributed by atoms with E-state index in [2.05, 4.69) is 0 Å². The minimum Gasteiger partial charge on any atom is -0.422 e. The summed E-state index contributed by atoms with van der Waals surface area (Å²) in [5.74, 6) is -3.59. The molecule has 192 valence electrons. The summed E-state index contributed by atoms with van der Waals surface area (Å²) in [5, 5.41) is 3.92. The lowest BCUT2D eigenvalue weighted by Crippen LogP contribution is -2.52. The molecule has 2 atom stereocenters. The van der Waals surface area contributed by atoms with Gasteiger partial charge in [0.1, 0.15) is 17.2 Å². The van der Waals surface area contributed by atoms with Crippen molar-refractivity contribution in [1.29, 1.82) is 0 Å². The van der Waals surface area contributed by atoms with Crippen LogP contribution in [0.15, 0.2) is 78.2 Å². The maximum absolute atomic E-state index is 13.5. The Kier molecular flexibility index (Phi) is 7.22. The zero-order valence-electron chi connectivity index (χ0n) is 19.9. The van der Waals surface area contributed by atoms with Crippen LogP contribution in [0.2, 0.25) is 5.02 Å². The largest absolute Gasteiger partial charge is 0.422 e. The van der Waals surface area contributed by atoms with Gasteiger partial charge < -0.3 is 4.74 Å². The van der Waals surface area contributed by atoms with Gasteiger partial charge in [0.05, 0.1) is 11.8 Å². The number of nitrogens with zero attached hydrogens (tertiary/aromatic N) is 2. The van der Waals surface area contributed by atoms with E-state index in [9.17, 15) is 24.0 Å². The molecule has 1 aromatic heterocycles. The first-order valence-electron chi connectivity index (χ1n) is 11.8. The van der Waals surface area contributed by atoms with E-state index in [1.54, 1.807) is 17.5 Å². The van der Waals surface area contributed by atoms with Crippen LogP contribution in [0.25, 0.3) is 0 Å². The number of carbonyl (C=O) groups is 5. The van der Waals surface area contributed by atoms with Gasteiger partial charge in [0.15, 0.2) is 5.78 Å². The molecule has 2 aliphatic rings. The van der Waals surface area contributed by atoms with Gasteiger partial charge in [0, 0.05) is 16.1 Å². The Morgan fingerprint density at radius 3 is 2.08 bits per heavy atom. The lowest BCUT2D eigenvalue weighted by molar-refractivity contribution is -0.154. The number of thiophene rings is 1. The second kappa shape index (κ2) is 10.7. The smallest absolute Gasteiger partial charge is 0.353 e. The van der Waals surface area contributed by atoms with Crippen molar-refractivity contribution < 1.29 is 28.7 Å². The van der Waals surface area contributed by atoms with Gasteiger partial charge in [-0.05, 0) is 72.8 Å². The topological polar surface area (TPSA) is 101 Å². The molecule has 0 radical (unpaired) electrons. The molecular formula is C28H21ClN2O6S. The molecule has 0 bridgehead atoms. The number of halogens is 1. The van der Waals surface area contributed by atoms with Crippen LogP contribution in [-0.2, 0) is 9.59 Å². The summed E-state index contributed by atoms with van der Waals surface area (Å²) in [6.45, 7) is -0.542. The molecule has 8 nitrogen and oxygen atoms in total. The number of fused-ring (bicyclic) bond motifs is 1. The third kappa shape index (κ3) is 5.03. The lowest BCUT2D eigenvalue weighted by atomic mass is 9.85.